The Morgan fingerprint density at radius 1 is 1.05 bits per heavy atom. The summed E-state index contributed by atoms with van der Waals surface area (Å²) in [5.74, 6) is -0.534. The second kappa shape index (κ2) is 14.8. The minimum atomic E-state index is -0.994. The first-order valence-electron chi connectivity index (χ1n) is 12.7. The van der Waals surface area contributed by atoms with Gasteiger partial charge in [0.05, 0.1) is 12.6 Å². The summed E-state index contributed by atoms with van der Waals surface area (Å²) < 4.78 is 10.9. The third kappa shape index (κ3) is 10.6. The summed E-state index contributed by atoms with van der Waals surface area (Å²) in [6, 6.07) is 7.60. The van der Waals surface area contributed by atoms with Crippen LogP contribution in [0.5, 0.6) is 0 Å². The lowest BCUT2D eigenvalue weighted by atomic mass is 9.97. The number of nitrogens with zero attached hydrogens (tertiary/aromatic N) is 2. The Balaban J connectivity index is 2.04. The van der Waals surface area contributed by atoms with Gasteiger partial charge in [-0.15, -0.1) is 0 Å². The van der Waals surface area contributed by atoms with E-state index in [2.05, 4.69) is 16.1 Å². The summed E-state index contributed by atoms with van der Waals surface area (Å²) in [6.07, 6.45) is -0.899. The molecule has 1 aromatic carbocycles. The summed E-state index contributed by atoms with van der Waals surface area (Å²) in [5, 5.41) is 7.32. The van der Waals surface area contributed by atoms with Gasteiger partial charge in [0.1, 0.15) is 12.6 Å². The maximum absolute atomic E-state index is 13.4. The van der Waals surface area contributed by atoms with Crippen LogP contribution in [0.3, 0.4) is 0 Å². The largest absolute Gasteiger partial charge is 0.445 e. The Bertz CT molecular complexity index is 912. The molecule has 2 unspecified atom stereocenters. The molecule has 3 atom stereocenters. The third-order valence-corrected chi connectivity index (χ3v) is 5.95. The van der Waals surface area contributed by atoms with E-state index in [1.807, 2.05) is 77.0 Å². The summed E-state index contributed by atoms with van der Waals surface area (Å²) in [5.41, 5.74) is 3.84. The number of benzene rings is 1. The Morgan fingerprint density at radius 3 is 2.27 bits per heavy atom. The molecule has 1 saturated heterocycles. The van der Waals surface area contributed by atoms with Gasteiger partial charge in [-0.1, -0.05) is 58.0 Å². The lowest BCUT2D eigenvalue weighted by Crippen LogP contribution is -2.55. The van der Waals surface area contributed by atoms with Crippen LogP contribution in [0.1, 0.15) is 46.1 Å². The normalized spacial score (nSPS) is 17.1. The number of nitrogens with one attached hydrogen (secondary N) is 3. The molecule has 10 nitrogen and oxygen atoms in total. The number of carbonyl (C=O) groups is 3. The summed E-state index contributed by atoms with van der Waals surface area (Å²) in [4.78, 5) is 41.1. The average molecular weight is 536 g/mol. The fourth-order valence-electron chi connectivity index (χ4n) is 3.75. The lowest BCUT2D eigenvalue weighted by Gasteiger charge is -2.26. The van der Waals surface area contributed by atoms with Gasteiger partial charge in [0.15, 0.2) is 0 Å². The van der Waals surface area contributed by atoms with E-state index in [1.165, 1.54) is 0 Å². The van der Waals surface area contributed by atoms with Crippen molar-refractivity contribution >= 4 is 35.2 Å². The zero-order valence-electron chi connectivity index (χ0n) is 22.7. The summed E-state index contributed by atoms with van der Waals surface area (Å²) >= 11 is 5.27. The second-order valence-electron chi connectivity index (χ2n) is 10.3. The molecular formula is C26H41N5O5S. The van der Waals surface area contributed by atoms with Gasteiger partial charge in [0, 0.05) is 6.54 Å². The van der Waals surface area contributed by atoms with Crippen LogP contribution < -0.4 is 16.1 Å². The number of rotatable bonds is 14. The fraction of sp³-hybridized carbons (Fsp3) is 0.615. The van der Waals surface area contributed by atoms with E-state index in [4.69, 9.17) is 21.7 Å². The number of hydrogen-bond acceptors (Lipinski definition) is 8. The van der Waals surface area contributed by atoms with Crippen molar-refractivity contribution in [1.29, 1.82) is 0 Å². The number of carbonyl (C=O) groups excluding carboxylic acids is 3. The van der Waals surface area contributed by atoms with Crippen LogP contribution in [-0.4, -0.2) is 78.4 Å². The van der Waals surface area contributed by atoms with E-state index in [0.29, 0.717) is 25.9 Å². The Hall–Kier alpha value is -2.76. The van der Waals surface area contributed by atoms with Crippen LogP contribution in [0.15, 0.2) is 30.3 Å². The highest BCUT2D eigenvalue weighted by molar-refractivity contribution is 7.80. The molecule has 0 saturated carbocycles. The molecule has 0 aliphatic carbocycles. The number of alkyl carbamates (subject to hydrolysis) is 1. The molecular weight excluding hydrogens is 494 g/mol. The Morgan fingerprint density at radius 2 is 1.68 bits per heavy atom. The lowest BCUT2D eigenvalue weighted by molar-refractivity contribution is -0.134. The van der Waals surface area contributed by atoms with Crippen LogP contribution in [0.2, 0.25) is 0 Å². The maximum atomic E-state index is 13.4. The molecule has 1 aliphatic heterocycles. The van der Waals surface area contributed by atoms with E-state index in [-0.39, 0.29) is 29.4 Å². The number of ketones is 1. The standard InChI is InChI=1S/C26H41N5O5S/c1-17(2)14-20(22(32)24-29-31(26(37)36-24)13-12-30(5)6)27-23(33)21(15-18(3)4)28-25(34)35-16-19-10-8-7-9-11-19/h7-11,17-18,20-21,24,29H,12-16H2,1-6H3,(H,27,33)(H,28,34)/t20?,21-,24?/m0/s1. The van der Waals surface area contributed by atoms with E-state index < -0.39 is 30.3 Å². The molecule has 0 spiro atoms. The number of hydrazine groups is 1. The van der Waals surface area contributed by atoms with Crippen molar-refractivity contribution in [3.8, 4) is 0 Å². The van der Waals surface area contributed by atoms with Gasteiger partial charge in [-0.3, -0.25) is 14.6 Å². The van der Waals surface area contributed by atoms with E-state index >= 15 is 0 Å². The predicted molar refractivity (Wildman–Crippen MR) is 145 cm³/mol. The molecule has 2 amide bonds. The van der Waals surface area contributed by atoms with Gasteiger partial charge in [-0.05, 0) is 56.6 Å². The van der Waals surface area contributed by atoms with Gasteiger partial charge >= 0.3 is 6.09 Å². The van der Waals surface area contributed by atoms with Crippen molar-refractivity contribution < 1.29 is 23.9 Å². The maximum Gasteiger partial charge on any atom is 0.408 e. The van der Waals surface area contributed by atoms with Gasteiger partial charge in [0.25, 0.3) is 5.17 Å². The van der Waals surface area contributed by atoms with E-state index in [1.54, 1.807) is 5.01 Å². The molecule has 2 rings (SSSR count). The van der Waals surface area contributed by atoms with Crippen molar-refractivity contribution in [2.24, 2.45) is 11.8 Å². The van der Waals surface area contributed by atoms with Gasteiger partial charge in [-0.2, -0.15) is 5.43 Å². The van der Waals surface area contributed by atoms with Crippen molar-refractivity contribution in [3.05, 3.63) is 35.9 Å². The van der Waals surface area contributed by atoms with Crippen LogP contribution in [0.4, 0.5) is 4.79 Å². The SMILES string of the molecule is CC(C)CC(NC(=O)[C@H](CC(C)C)NC(=O)OCc1ccccc1)C(=O)C1NN(CCN(C)C)C(=S)O1. The number of Topliss-reactive ketones (excluding diaryl/α,β-unsaturated/α-hetero) is 1. The molecule has 37 heavy (non-hydrogen) atoms. The van der Waals surface area contributed by atoms with Crippen molar-refractivity contribution in [2.45, 2.75) is 65.5 Å². The van der Waals surface area contributed by atoms with Crippen molar-refractivity contribution in [3.63, 3.8) is 0 Å². The molecule has 0 aromatic heterocycles. The quantitative estimate of drug-likeness (QED) is 0.309. The zero-order chi connectivity index (χ0) is 27.5. The monoisotopic (exact) mass is 535 g/mol. The number of hydrogen-bond donors (Lipinski definition) is 3. The first kappa shape index (κ1) is 30.5. The van der Waals surface area contributed by atoms with Gasteiger partial charge in [-0.25, -0.2) is 4.79 Å². The van der Waals surface area contributed by atoms with E-state index in [0.717, 1.165) is 5.56 Å². The molecule has 1 heterocycles. The first-order chi connectivity index (χ1) is 17.5. The number of amides is 2. The van der Waals surface area contributed by atoms with Gasteiger partial charge < -0.3 is 25.0 Å². The predicted octanol–water partition coefficient (Wildman–Crippen LogP) is 2.44. The van der Waals surface area contributed by atoms with Crippen molar-refractivity contribution in [1.82, 2.24) is 26.0 Å². The van der Waals surface area contributed by atoms with Gasteiger partial charge in [0.2, 0.25) is 17.9 Å². The van der Waals surface area contributed by atoms with Crippen molar-refractivity contribution in [2.75, 3.05) is 27.2 Å². The molecule has 1 aromatic rings. The number of likely N-dealkylation sites (N-methyl/N-ethyl adjacent to an activating group) is 1. The third-order valence-electron chi connectivity index (χ3n) is 5.64. The van der Waals surface area contributed by atoms with Crippen LogP contribution in [0.25, 0.3) is 0 Å². The van der Waals surface area contributed by atoms with Crippen LogP contribution in [0, 0.1) is 11.8 Å². The highest BCUT2D eigenvalue weighted by Crippen LogP contribution is 2.15. The highest BCUT2D eigenvalue weighted by atomic mass is 32.1. The molecule has 0 bridgehead atoms. The Kier molecular flexibility index (Phi) is 12.2. The number of thiocarbonyl (C=S) groups is 1. The average Bonchev–Trinajstić information content (AvgIpc) is 3.20. The topological polar surface area (TPSA) is 112 Å². The zero-order valence-corrected chi connectivity index (χ0v) is 23.5. The first-order valence-corrected chi connectivity index (χ1v) is 13.1. The van der Waals surface area contributed by atoms with Crippen LogP contribution in [-0.2, 0) is 25.7 Å². The molecule has 11 heteroatoms. The molecule has 1 fully saturated rings. The minimum Gasteiger partial charge on any atom is -0.445 e. The molecule has 206 valence electrons. The second-order valence-corrected chi connectivity index (χ2v) is 10.7. The molecule has 3 N–H and O–H groups in total. The molecule has 1 aliphatic rings. The minimum absolute atomic E-state index is 0.0894. The van der Waals surface area contributed by atoms with E-state index in [9.17, 15) is 14.4 Å². The smallest absolute Gasteiger partial charge is 0.408 e. The summed E-state index contributed by atoms with van der Waals surface area (Å²) in [7, 11) is 3.88. The highest BCUT2D eigenvalue weighted by Gasteiger charge is 2.38. The molecule has 0 radical (unpaired) electrons. The van der Waals surface area contributed by atoms with Crippen LogP contribution >= 0.6 is 12.2 Å². The summed E-state index contributed by atoms with van der Waals surface area (Å²) in [6.45, 7) is 9.18. The fourth-order valence-corrected chi connectivity index (χ4v) is 3.99. The number of ether oxygens (including phenoxy) is 2. The Labute approximate surface area is 225 Å².